The molecule has 2 aromatic heterocycles. The number of nitrogens with zero attached hydrogens (tertiary/aromatic N) is 2. The van der Waals surface area contributed by atoms with Crippen molar-refractivity contribution in [2.75, 3.05) is 0 Å². The van der Waals surface area contributed by atoms with E-state index in [9.17, 15) is 0 Å². The average Bonchev–Trinajstić information content (AvgIpc) is 3.83. The van der Waals surface area contributed by atoms with E-state index in [1.165, 1.54) is 105 Å². The summed E-state index contributed by atoms with van der Waals surface area (Å²) in [6, 6.07) is 62.4. The molecular weight excluding hydrogens is 641 g/mol. The van der Waals surface area contributed by atoms with Crippen LogP contribution >= 0.6 is 0 Å². The van der Waals surface area contributed by atoms with Crippen LogP contribution in [0.3, 0.4) is 0 Å². The Morgan fingerprint density at radius 3 is 1.62 bits per heavy atom. The smallest absolute Gasteiger partial charge is 0.0547 e. The SMILES string of the molecule is C=CC1=C(C)c2ccc(-c3ccc4c5cc(-c6ccc7c(c6)c6ccccc6n7-c6ccccc6)ccc5n(-c5ccccc5)c4c3)c3cccc1c23. The predicted octanol–water partition coefficient (Wildman–Crippen LogP) is 13.8. The molecule has 2 nitrogen and oxygen atoms in total. The van der Waals surface area contributed by atoms with Gasteiger partial charge in [-0.15, -0.1) is 0 Å². The number of hydrogen-bond donors (Lipinski definition) is 0. The maximum absolute atomic E-state index is 4.14. The number of hydrogen-bond acceptors (Lipinski definition) is 0. The van der Waals surface area contributed by atoms with Crippen LogP contribution in [0.4, 0.5) is 0 Å². The summed E-state index contributed by atoms with van der Waals surface area (Å²) in [6.07, 6.45) is 2.00. The summed E-state index contributed by atoms with van der Waals surface area (Å²) in [6.45, 7) is 6.35. The van der Waals surface area contributed by atoms with Crippen LogP contribution in [-0.4, -0.2) is 9.13 Å². The molecule has 0 saturated carbocycles. The minimum absolute atomic E-state index is 1.16. The predicted molar refractivity (Wildman–Crippen MR) is 226 cm³/mol. The van der Waals surface area contributed by atoms with Crippen molar-refractivity contribution in [1.82, 2.24) is 9.13 Å². The van der Waals surface area contributed by atoms with Crippen LogP contribution in [0.2, 0.25) is 0 Å². The Kier molecular flexibility index (Phi) is 6.35. The minimum atomic E-state index is 1.16. The number of fused-ring (bicyclic) bond motifs is 6. The van der Waals surface area contributed by atoms with E-state index in [0.717, 1.165) is 5.69 Å². The van der Waals surface area contributed by atoms with Gasteiger partial charge in [0.15, 0.2) is 0 Å². The van der Waals surface area contributed by atoms with Crippen molar-refractivity contribution >= 4 is 65.5 Å². The third-order valence-corrected chi connectivity index (χ3v) is 11.5. The van der Waals surface area contributed by atoms with Crippen molar-refractivity contribution in [2.45, 2.75) is 6.92 Å². The van der Waals surface area contributed by atoms with Crippen LogP contribution in [-0.2, 0) is 0 Å². The first-order chi connectivity index (χ1) is 26.2. The highest BCUT2D eigenvalue weighted by Crippen LogP contribution is 2.46. The first-order valence-corrected chi connectivity index (χ1v) is 18.3. The molecule has 0 unspecified atom stereocenters. The molecule has 1 aliphatic rings. The van der Waals surface area contributed by atoms with Crippen LogP contribution in [0.25, 0.3) is 99.2 Å². The number of aromatic nitrogens is 2. The summed E-state index contributed by atoms with van der Waals surface area (Å²) in [5, 5.41) is 7.62. The Morgan fingerprint density at radius 1 is 0.396 bits per heavy atom. The largest absolute Gasteiger partial charge is 0.309 e. The molecule has 2 heteroatoms. The summed E-state index contributed by atoms with van der Waals surface area (Å²) in [7, 11) is 0. The molecule has 0 bridgehead atoms. The van der Waals surface area contributed by atoms with Gasteiger partial charge in [-0.2, -0.15) is 0 Å². The van der Waals surface area contributed by atoms with Gasteiger partial charge in [0.1, 0.15) is 0 Å². The van der Waals surface area contributed by atoms with Crippen LogP contribution in [0.1, 0.15) is 18.1 Å². The van der Waals surface area contributed by atoms with E-state index >= 15 is 0 Å². The van der Waals surface area contributed by atoms with E-state index in [1.807, 2.05) is 6.08 Å². The van der Waals surface area contributed by atoms with Crippen molar-refractivity contribution in [3.8, 4) is 33.6 Å². The zero-order chi connectivity index (χ0) is 35.2. The van der Waals surface area contributed by atoms with Gasteiger partial charge in [0.25, 0.3) is 0 Å². The third kappa shape index (κ3) is 4.27. The fourth-order valence-electron chi connectivity index (χ4n) is 9.04. The second kappa shape index (κ2) is 11.3. The van der Waals surface area contributed by atoms with Gasteiger partial charge in [0.2, 0.25) is 0 Å². The molecule has 0 spiro atoms. The van der Waals surface area contributed by atoms with Gasteiger partial charge >= 0.3 is 0 Å². The van der Waals surface area contributed by atoms with E-state index in [-0.39, 0.29) is 0 Å². The first-order valence-electron chi connectivity index (χ1n) is 18.3. The Hall–Kier alpha value is -6.90. The standard InChI is InChI=1S/C51H34N2/c1-3-38-32(2)39-25-26-40(44-19-12-18-43(38)51(39)44)35-21-24-42-46-30-34(23-28-49(46)53(50(42)31-35)37-15-8-5-9-16-37)33-22-27-48-45(29-33)41-17-10-11-20-47(41)52(48)36-13-6-4-7-14-36/h3-31H,1H2,2H3. The Morgan fingerprint density at radius 2 is 0.943 bits per heavy atom. The molecule has 248 valence electrons. The van der Waals surface area contributed by atoms with Crippen molar-refractivity contribution in [3.05, 3.63) is 194 Å². The van der Waals surface area contributed by atoms with Crippen molar-refractivity contribution in [1.29, 1.82) is 0 Å². The fraction of sp³-hybridized carbons (Fsp3) is 0.0196. The van der Waals surface area contributed by atoms with Gasteiger partial charge in [0.05, 0.1) is 22.1 Å². The summed E-state index contributed by atoms with van der Waals surface area (Å²) in [5.41, 5.74) is 17.2. The molecule has 53 heavy (non-hydrogen) atoms. The number of rotatable bonds is 5. The van der Waals surface area contributed by atoms with Crippen LogP contribution in [0, 0.1) is 0 Å². The summed E-state index contributed by atoms with van der Waals surface area (Å²) >= 11 is 0. The number of para-hydroxylation sites is 3. The molecule has 0 fully saturated rings. The van der Waals surface area contributed by atoms with E-state index in [4.69, 9.17) is 0 Å². The van der Waals surface area contributed by atoms with E-state index in [1.54, 1.807) is 0 Å². The topological polar surface area (TPSA) is 9.86 Å². The lowest BCUT2D eigenvalue weighted by Gasteiger charge is -2.12. The Labute approximate surface area is 307 Å². The van der Waals surface area contributed by atoms with Gasteiger partial charge < -0.3 is 9.13 Å². The second-order valence-corrected chi connectivity index (χ2v) is 14.2. The first kappa shape index (κ1) is 29.8. The van der Waals surface area contributed by atoms with E-state index < -0.39 is 0 Å². The molecule has 10 aromatic rings. The third-order valence-electron chi connectivity index (χ3n) is 11.5. The molecule has 0 saturated heterocycles. The lowest BCUT2D eigenvalue weighted by atomic mass is 9.93. The molecular formula is C51H34N2. The second-order valence-electron chi connectivity index (χ2n) is 14.2. The van der Waals surface area contributed by atoms with Crippen LogP contribution < -0.4 is 0 Å². The maximum Gasteiger partial charge on any atom is 0.0547 e. The van der Waals surface area contributed by atoms with Crippen molar-refractivity contribution in [2.24, 2.45) is 0 Å². The zero-order valence-corrected chi connectivity index (χ0v) is 29.3. The summed E-state index contributed by atoms with van der Waals surface area (Å²) in [5.74, 6) is 0. The van der Waals surface area contributed by atoms with Gasteiger partial charge in [0, 0.05) is 32.9 Å². The van der Waals surface area contributed by atoms with Gasteiger partial charge in [-0.05, 0) is 123 Å². The average molecular weight is 675 g/mol. The summed E-state index contributed by atoms with van der Waals surface area (Å²) < 4.78 is 4.80. The lowest BCUT2D eigenvalue weighted by molar-refractivity contribution is 1.18. The molecule has 0 atom stereocenters. The highest BCUT2D eigenvalue weighted by molar-refractivity contribution is 6.19. The zero-order valence-electron chi connectivity index (χ0n) is 29.3. The minimum Gasteiger partial charge on any atom is -0.309 e. The van der Waals surface area contributed by atoms with E-state index in [0.29, 0.717) is 0 Å². The molecule has 0 N–H and O–H groups in total. The van der Waals surface area contributed by atoms with Gasteiger partial charge in [-0.25, -0.2) is 0 Å². The number of allylic oxidation sites excluding steroid dienone is 3. The van der Waals surface area contributed by atoms with Gasteiger partial charge in [-0.1, -0.05) is 122 Å². The lowest BCUT2D eigenvalue weighted by Crippen LogP contribution is -1.94. The highest BCUT2D eigenvalue weighted by Gasteiger charge is 2.22. The summed E-state index contributed by atoms with van der Waals surface area (Å²) in [4.78, 5) is 0. The maximum atomic E-state index is 4.14. The van der Waals surface area contributed by atoms with Crippen molar-refractivity contribution in [3.63, 3.8) is 0 Å². The monoisotopic (exact) mass is 674 g/mol. The molecule has 11 rings (SSSR count). The molecule has 2 heterocycles. The van der Waals surface area contributed by atoms with Crippen LogP contribution in [0.15, 0.2) is 183 Å². The van der Waals surface area contributed by atoms with Crippen molar-refractivity contribution < 1.29 is 0 Å². The molecule has 0 aliphatic heterocycles. The van der Waals surface area contributed by atoms with E-state index in [2.05, 4.69) is 192 Å². The Balaban J connectivity index is 1.11. The molecule has 0 radical (unpaired) electrons. The quantitative estimate of drug-likeness (QED) is 0.172. The molecule has 8 aromatic carbocycles. The van der Waals surface area contributed by atoms with Crippen LogP contribution in [0.5, 0.6) is 0 Å². The molecule has 0 amide bonds. The highest BCUT2D eigenvalue weighted by atomic mass is 15.0. The normalized spacial score (nSPS) is 12.6. The van der Waals surface area contributed by atoms with Gasteiger partial charge in [-0.3, -0.25) is 0 Å². The Bertz CT molecular complexity index is 3170. The number of benzene rings is 8. The molecule has 1 aliphatic carbocycles. The fourth-order valence-corrected chi connectivity index (χ4v) is 9.04.